The lowest BCUT2D eigenvalue weighted by Crippen LogP contribution is -2.19. The highest BCUT2D eigenvalue weighted by Gasteiger charge is 2.25. The summed E-state index contributed by atoms with van der Waals surface area (Å²) < 4.78 is 2.02. The van der Waals surface area contributed by atoms with E-state index >= 15 is 0 Å². The molecule has 1 aromatic carbocycles. The van der Waals surface area contributed by atoms with Gasteiger partial charge in [-0.3, -0.25) is 0 Å². The van der Waals surface area contributed by atoms with Crippen molar-refractivity contribution in [3.8, 4) is 17.3 Å². The van der Waals surface area contributed by atoms with Crippen molar-refractivity contribution in [3.63, 3.8) is 0 Å². The summed E-state index contributed by atoms with van der Waals surface area (Å²) in [5, 5.41) is 9.24. The molecule has 0 amide bonds. The molecular formula is C16H20N4. The van der Waals surface area contributed by atoms with Gasteiger partial charge in [-0.2, -0.15) is 5.26 Å². The molecule has 0 fully saturated rings. The van der Waals surface area contributed by atoms with Crippen LogP contribution in [0.4, 0.5) is 5.82 Å². The van der Waals surface area contributed by atoms with Gasteiger partial charge in [0.1, 0.15) is 17.3 Å². The van der Waals surface area contributed by atoms with Crippen LogP contribution in [0.1, 0.15) is 39.1 Å². The number of rotatable bonds is 2. The molecule has 20 heavy (non-hydrogen) atoms. The van der Waals surface area contributed by atoms with Crippen molar-refractivity contribution < 1.29 is 0 Å². The Kier molecular flexibility index (Phi) is 3.54. The van der Waals surface area contributed by atoms with Crippen molar-refractivity contribution in [1.82, 2.24) is 9.55 Å². The minimum absolute atomic E-state index is 0.0933. The predicted molar refractivity (Wildman–Crippen MR) is 81.2 cm³/mol. The van der Waals surface area contributed by atoms with Gasteiger partial charge in [-0.05, 0) is 13.0 Å². The molecule has 0 aliphatic rings. The Morgan fingerprint density at radius 2 is 1.95 bits per heavy atom. The van der Waals surface area contributed by atoms with E-state index in [9.17, 15) is 5.26 Å². The maximum absolute atomic E-state index is 9.24. The van der Waals surface area contributed by atoms with Gasteiger partial charge in [-0.1, -0.05) is 39.0 Å². The van der Waals surface area contributed by atoms with E-state index in [1.54, 1.807) is 6.07 Å². The Hall–Kier alpha value is -2.28. The molecule has 0 spiro atoms. The highest BCUT2D eigenvalue weighted by molar-refractivity contribution is 5.76. The molecule has 1 heterocycles. The molecule has 0 atom stereocenters. The van der Waals surface area contributed by atoms with Gasteiger partial charge in [0.2, 0.25) is 0 Å². The first-order chi connectivity index (χ1) is 9.40. The van der Waals surface area contributed by atoms with Crippen LogP contribution in [0.15, 0.2) is 24.3 Å². The highest BCUT2D eigenvalue weighted by atomic mass is 15.1. The Morgan fingerprint density at radius 1 is 1.30 bits per heavy atom. The second-order valence-corrected chi connectivity index (χ2v) is 5.82. The third-order valence-corrected chi connectivity index (χ3v) is 3.30. The highest BCUT2D eigenvalue weighted by Crippen LogP contribution is 2.33. The van der Waals surface area contributed by atoms with Gasteiger partial charge in [0.05, 0.1) is 11.6 Å². The van der Waals surface area contributed by atoms with E-state index in [4.69, 9.17) is 10.7 Å². The summed E-state index contributed by atoms with van der Waals surface area (Å²) in [5.74, 6) is 1.57. The lowest BCUT2D eigenvalue weighted by Gasteiger charge is -2.19. The smallest absolute Gasteiger partial charge is 0.131 e. The Labute approximate surface area is 119 Å². The quantitative estimate of drug-likeness (QED) is 0.908. The van der Waals surface area contributed by atoms with Gasteiger partial charge >= 0.3 is 0 Å². The van der Waals surface area contributed by atoms with Crippen molar-refractivity contribution in [3.05, 3.63) is 35.7 Å². The molecule has 4 heteroatoms. The van der Waals surface area contributed by atoms with E-state index in [0.29, 0.717) is 17.1 Å². The summed E-state index contributed by atoms with van der Waals surface area (Å²) in [7, 11) is 0. The van der Waals surface area contributed by atoms with Gasteiger partial charge < -0.3 is 10.3 Å². The van der Waals surface area contributed by atoms with Gasteiger partial charge in [-0.25, -0.2) is 4.98 Å². The van der Waals surface area contributed by atoms with Gasteiger partial charge in [0.25, 0.3) is 0 Å². The number of nitrogens with two attached hydrogens (primary N) is 1. The summed E-state index contributed by atoms with van der Waals surface area (Å²) in [6.07, 6.45) is 0. The van der Waals surface area contributed by atoms with Crippen molar-refractivity contribution >= 4 is 5.82 Å². The topological polar surface area (TPSA) is 67.6 Å². The van der Waals surface area contributed by atoms with Crippen LogP contribution in [0, 0.1) is 11.3 Å². The summed E-state index contributed by atoms with van der Waals surface area (Å²) >= 11 is 0. The molecule has 1 aromatic heterocycles. The van der Waals surface area contributed by atoms with Crippen molar-refractivity contribution in [1.29, 1.82) is 5.26 Å². The van der Waals surface area contributed by atoms with Crippen LogP contribution in [-0.2, 0) is 12.0 Å². The second kappa shape index (κ2) is 5.01. The lowest BCUT2D eigenvalue weighted by molar-refractivity contribution is 0.509. The SMILES string of the molecule is CCn1c(C(C)(C)C)nc(-c2ccccc2C#N)c1N. The molecule has 0 unspecified atom stereocenters. The van der Waals surface area contributed by atoms with Crippen LogP contribution in [0.3, 0.4) is 0 Å². The van der Waals surface area contributed by atoms with Gasteiger partial charge in [-0.15, -0.1) is 0 Å². The van der Waals surface area contributed by atoms with E-state index in [2.05, 4.69) is 26.8 Å². The fourth-order valence-corrected chi connectivity index (χ4v) is 2.34. The van der Waals surface area contributed by atoms with Crippen molar-refractivity contribution in [2.75, 3.05) is 5.73 Å². The van der Waals surface area contributed by atoms with E-state index in [1.165, 1.54) is 0 Å². The van der Waals surface area contributed by atoms with Crippen LogP contribution in [0.25, 0.3) is 11.3 Å². The van der Waals surface area contributed by atoms with E-state index in [-0.39, 0.29) is 5.41 Å². The average Bonchev–Trinajstić information content (AvgIpc) is 2.75. The monoisotopic (exact) mass is 268 g/mol. The molecular weight excluding hydrogens is 248 g/mol. The number of hydrogen-bond donors (Lipinski definition) is 1. The first kappa shape index (κ1) is 14.1. The van der Waals surface area contributed by atoms with E-state index < -0.39 is 0 Å². The number of imidazole rings is 1. The third-order valence-electron chi connectivity index (χ3n) is 3.30. The standard InChI is InChI=1S/C16H20N4/c1-5-20-14(18)13(19-15(20)16(2,3)4)12-9-7-6-8-11(12)10-17/h6-9H,5,18H2,1-4H3. The number of nitrogen functional groups attached to an aromatic ring is 1. The number of aromatic nitrogens is 2. The minimum Gasteiger partial charge on any atom is -0.383 e. The molecule has 0 aliphatic heterocycles. The molecule has 0 aliphatic carbocycles. The minimum atomic E-state index is -0.0933. The summed E-state index contributed by atoms with van der Waals surface area (Å²) in [6.45, 7) is 9.15. The maximum Gasteiger partial charge on any atom is 0.131 e. The van der Waals surface area contributed by atoms with Crippen LogP contribution in [-0.4, -0.2) is 9.55 Å². The number of benzene rings is 1. The van der Waals surface area contributed by atoms with E-state index in [0.717, 1.165) is 17.9 Å². The fourth-order valence-electron chi connectivity index (χ4n) is 2.34. The van der Waals surface area contributed by atoms with Gasteiger partial charge in [0.15, 0.2) is 0 Å². The van der Waals surface area contributed by atoms with Crippen molar-refractivity contribution in [2.45, 2.75) is 39.7 Å². The zero-order valence-electron chi connectivity index (χ0n) is 12.4. The number of hydrogen-bond acceptors (Lipinski definition) is 3. The second-order valence-electron chi connectivity index (χ2n) is 5.82. The molecule has 2 N–H and O–H groups in total. The lowest BCUT2D eigenvalue weighted by atomic mass is 9.95. The first-order valence-corrected chi connectivity index (χ1v) is 6.76. The van der Waals surface area contributed by atoms with E-state index in [1.807, 2.05) is 29.7 Å². The van der Waals surface area contributed by atoms with Crippen LogP contribution in [0.5, 0.6) is 0 Å². The Bertz CT molecular complexity index is 669. The molecule has 104 valence electrons. The average molecular weight is 268 g/mol. The van der Waals surface area contributed by atoms with Crippen LogP contribution in [0.2, 0.25) is 0 Å². The van der Waals surface area contributed by atoms with Gasteiger partial charge in [0, 0.05) is 17.5 Å². The Balaban J connectivity index is 2.71. The zero-order chi connectivity index (χ0) is 14.9. The molecule has 0 radical (unpaired) electrons. The summed E-state index contributed by atoms with van der Waals surface area (Å²) in [4.78, 5) is 4.72. The summed E-state index contributed by atoms with van der Waals surface area (Å²) in [6, 6.07) is 9.63. The molecule has 2 aromatic rings. The molecule has 2 rings (SSSR count). The first-order valence-electron chi connectivity index (χ1n) is 6.76. The van der Waals surface area contributed by atoms with Crippen molar-refractivity contribution in [2.24, 2.45) is 0 Å². The largest absolute Gasteiger partial charge is 0.383 e. The number of nitrogens with zero attached hydrogens (tertiary/aromatic N) is 3. The molecule has 0 saturated heterocycles. The number of nitriles is 1. The fraction of sp³-hybridized carbons (Fsp3) is 0.375. The third kappa shape index (κ3) is 2.27. The molecule has 0 saturated carbocycles. The number of anilines is 1. The van der Waals surface area contributed by atoms with Crippen LogP contribution < -0.4 is 5.73 Å². The Morgan fingerprint density at radius 3 is 2.45 bits per heavy atom. The maximum atomic E-state index is 9.24. The molecule has 0 bridgehead atoms. The van der Waals surface area contributed by atoms with Crippen LogP contribution >= 0.6 is 0 Å². The predicted octanol–water partition coefficient (Wildman–Crippen LogP) is 3.32. The normalized spacial score (nSPS) is 11.3. The summed E-state index contributed by atoms with van der Waals surface area (Å²) in [5.41, 5.74) is 8.26. The zero-order valence-corrected chi connectivity index (χ0v) is 12.4. The molecule has 4 nitrogen and oxygen atoms in total.